The maximum atomic E-state index is 12.7. The van der Waals surface area contributed by atoms with Crippen LogP contribution in [0.15, 0.2) is 53.0 Å². The zero-order chi connectivity index (χ0) is 17.4. The van der Waals surface area contributed by atoms with E-state index in [1.54, 1.807) is 0 Å². The molecule has 0 atom stereocenters. The number of para-hydroxylation sites is 2. The van der Waals surface area contributed by atoms with Gasteiger partial charge >= 0.3 is 0 Å². The number of imidazole rings is 1. The van der Waals surface area contributed by atoms with Gasteiger partial charge in [0, 0.05) is 16.1 Å². The highest BCUT2D eigenvalue weighted by Crippen LogP contribution is 2.31. The van der Waals surface area contributed by atoms with Crippen molar-refractivity contribution in [1.82, 2.24) is 9.13 Å². The van der Waals surface area contributed by atoms with Crippen LogP contribution < -0.4 is 5.62 Å². The SMILES string of the molecule is N=c1n(CC(=O)c2ccc(Br)cc2)c2ccccc2n1C1CCCC1. The van der Waals surface area contributed by atoms with Gasteiger partial charge in [0.05, 0.1) is 17.6 Å². The van der Waals surface area contributed by atoms with Crippen LogP contribution in [0.5, 0.6) is 0 Å². The molecule has 2 aromatic carbocycles. The Kier molecular flexibility index (Phi) is 4.34. The van der Waals surface area contributed by atoms with E-state index in [4.69, 9.17) is 5.41 Å². The first kappa shape index (κ1) is 16.3. The maximum absolute atomic E-state index is 12.7. The smallest absolute Gasteiger partial charge is 0.203 e. The zero-order valence-electron chi connectivity index (χ0n) is 13.9. The Hall–Kier alpha value is -2.14. The number of benzene rings is 2. The number of Topliss-reactive ketones (excluding diaryl/α,β-unsaturated/α-hetero) is 1. The van der Waals surface area contributed by atoms with Crippen molar-refractivity contribution in [2.75, 3.05) is 0 Å². The van der Waals surface area contributed by atoms with Crippen LogP contribution >= 0.6 is 15.9 Å². The molecule has 0 aliphatic heterocycles. The third-order valence-corrected chi connectivity index (χ3v) is 5.60. The van der Waals surface area contributed by atoms with Crippen LogP contribution in [0.4, 0.5) is 0 Å². The second-order valence-corrected chi connectivity index (χ2v) is 7.55. The lowest BCUT2D eigenvalue weighted by molar-refractivity contribution is 0.0971. The molecule has 1 fully saturated rings. The fourth-order valence-corrected chi connectivity index (χ4v) is 4.08. The maximum Gasteiger partial charge on any atom is 0.203 e. The van der Waals surface area contributed by atoms with Crippen LogP contribution in [-0.2, 0) is 6.54 Å². The molecule has 128 valence electrons. The number of carbonyl (C=O) groups is 1. The van der Waals surface area contributed by atoms with Crippen LogP contribution in [0.1, 0.15) is 42.1 Å². The van der Waals surface area contributed by atoms with E-state index in [0.29, 0.717) is 17.2 Å². The van der Waals surface area contributed by atoms with Gasteiger partial charge in [-0.05, 0) is 37.1 Å². The number of carbonyl (C=O) groups excluding carboxylic acids is 1. The summed E-state index contributed by atoms with van der Waals surface area (Å²) in [6.07, 6.45) is 4.67. The highest BCUT2D eigenvalue weighted by Gasteiger charge is 2.22. The highest BCUT2D eigenvalue weighted by molar-refractivity contribution is 9.10. The first-order chi connectivity index (χ1) is 12.1. The molecule has 3 aromatic rings. The third-order valence-electron chi connectivity index (χ3n) is 5.07. The van der Waals surface area contributed by atoms with Crippen molar-refractivity contribution < 1.29 is 4.79 Å². The van der Waals surface area contributed by atoms with Crippen LogP contribution in [0, 0.1) is 5.41 Å². The summed E-state index contributed by atoms with van der Waals surface area (Å²) in [4.78, 5) is 12.7. The quantitative estimate of drug-likeness (QED) is 0.638. The summed E-state index contributed by atoms with van der Waals surface area (Å²) in [7, 11) is 0. The van der Waals surface area contributed by atoms with Gasteiger partial charge in [-0.3, -0.25) is 10.2 Å². The van der Waals surface area contributed by atoms with Crippen LogP contribution in [-0.4, -0.2) is 14.9 Å². The van der Waals surface area contributed by atoms with Crippen LogP contribution in [0.25, 0.3) is 11.0 Å². The molecule has 1 heterocycles. The van der Waals surface area contributed by atoms with Gasteiger partial charge in [0.15, 0.2) is 5.78 Å². The minimum absolute atomic E-state index is 0.0281. The molecule has 5 heteroatoms. The average Bonchev–Trinajstić information content (AvgIpc) is 3.23. The summed E-state index contributed by atoms with van der Waals surface area (Å²) < 4.78 is 4.92. The lowest BCUT2D eigenvalue weighted by Gasteiger charge is -2.12. The lowest BCUT2D eigenvalue weighted by atomic mass is 10.1. The average molecular weight is 398 g/mol. The van der Waals surface area contributed by atoms with E-state index >= 15 is 0 Å². The fraction of sp³-hybridized carbons (Fsp3) is 0.300. The standard InChI is InChI=1S/C20H20BrN3O/c21-15-11-9-14(10-12-15)19(25)13-23-17-7-3-4-8-18(17)24(20(23)22)16-5-1-2-6-16/h3-4,7-12,16,22H,1-2,5-6,13H2. The van der Waals surface area contributed by atoms with Crippen molar-refractivity contribution in [1.29, 1.82) is 5.41 Å². The van der Waals surface area contributed by atoms with E-state index in [-0.39, 0.29) is 12.3 Å². The Labute approximate surface area is 154 Å². The summed E-state index contributed by atoms with van der Waals surface area (Å²) >= 11 is 3.40. The normalized spacial score (nSPS) is 15.1. The molecule has 0 saturated heterocycles. The molecule has 1 N–H and O–H groups in total. The lowest BCUT2D eigenvalue weighted by Crippen LogP contribution is -2.29. The largest absolute Gasteiger partial charge is 0.307 e. The second kappa shape index (κ2) is 6.64. The first-order valence-corrected chi connectivity index (χ1v) is 9.47. The number of hydrogen-bond acceptors (Lipinski definition) is 2. The van der Waals surface area contributed by atoms with Gasteiger partial charge in [0.1, 0.15) is 0 Å². The highest BCUT2D eigenvalue weighted by atomic mass is 79.9. The number of ketones is 1. The predicted octanol–water partition coefficient (Wildman–Crippen LogP) is 4.68. The number of halogens is 1. The molecule has 0 unspecified atom stereocenters. The molecule has 4 rings (SSSR count). The summed E-state index contributed by atoms with van der Waals surface area (Å²) in [6.45, 7) is 0.195. The van der Waals surface area contributed by atoms with Crippen LogP contribution in [0.2, 0.25) is 0 Å². The van der Waals surface area contributed by atoms with Gasteiger partial charge in [-0.1, -0.05) is 53.0 Å². The fourth-order valence-electron chi connectivity index (χ4n) is 3.82. The van der Waals surface area contributed by atoms with Crippen LogP contribution in [0.3, 0.4) is 0 Å². The van der Waals surface area contributed by atoms with E-state index in [0.717, 1.165) is 28.3 Å². The van der Waals surface area contributed by atoms with Gasteiger partial charge < -0.3 is 9.13 Å². The second-order valence-electron chi connectivity index (χ2n) is 6.64. The summed E-state index contributed by atoms with van der Waals surface area (Å²) in [6, 6.07) is 15.8. The van der Waals surface area contributed by atoms with Gasteiger partial charge in [-0.25, -0.2) is 0 Å². The van der Waals surface area contributed by atoms with E-state index < -0.39 is 0 Å². The number of nitrogens with one attached hydrogen (secondary N) is 1. The van der Waals surface area contributed by atoms with Gasteiger partial charge in [0.2, 0.25) is 5.62 Å². The van der Waals surface area contributed by atoms with Crippen molar-refractivity contribution in [3.63, 3.8) is 0 Å². The summed E-state index contributed by atoms with van der Waals surface area (Å²) in [5.74, 6) is 0.0281. The Morgan fingerprint density at radius 3 is 2.36 bits per heavy atom. The topological polar surface area (TPSA) is 50.8 Å². The molecular formula is C20H20BrN3O. The van der Waals surface area contributed by atoms with Gasteiger partial charge in [-0.2, -0.15) is 0 Å². The molecule has 25 heavy (non-hydrogen) atoms. The number of rotatable bonds is 4. The third kappa shape index (κ3) is 2.97. The molecule has 1 aromatic heterocycles. The molecule has 0 amide bonds. The minimum Gasteiger partial charge on any atom is -0.307 e. The van der Waals surface area contributed by atoms with Crippen molar-refractivity contribution in [2.45, 2.75) is 38.3 Å². The van der Waals surface area contributed by atoms with E-state index in [2.05, 4.69) is 26.6 Å². The molecular weight excluding hydrogens is 378 g/mol. The van der Waals surface area contributed by atoms with Gasteiger partial charge in [0.25, 0.3) is 0 Å². The molecule has 4 nitrogen and oxygen atoms in total. The number of fused-ring (bicyclic) bond motifs is 1. The minimum atomic E-state index is 0.0281. The Morgan fingerprint density at radius 1 is 1.04 bits per heavy atom. The van der Waals surface area contributed by atoms with E-state index in [9.17, 15) is 4.79 Å². The van der Waals surface area contributed by atoms with E-state index in [1.165, 1.54) is 12.8 Å². The monoisotopic (exact) mass is 397 g/mol. The van der Waals surface area contributed by atoms with Crippen molar-refractivity contribution >= 4 is 32.7 Å². The molecule has 0 radical (unpaired) electrons. The van der Waals surface area contributed by atoms with E-state index in [1.807, 2.05) is 47.0 Å². The zero-order valence-corrected chi connectivity index (χ0v) is 15.5. The number of nitrogens with zero attached hydrogens (tertiary/aromatic N) is 2. The Morgan fingerprint density at radius 2 is 1.68 bits per heavy atom. The molecule has 0 spiro atoms. The molecule has 1 aliphatic rings. The summed E-state index contributed by atoms with van der Waals surface area (Å²) in [5.41, 5.74) is 3.12. The van der Waals surface area contributed by atoms with Gasteiger partial charge in [-0.15, -0.1) is 0 Å². The first-order valence-electron chi connectivity index (χ1n) is 8.68. The van der Waals surface area contributed by atoms with Crippen molar-refractivity contribution in [3.05, 3.63) is 64.2 Å². The number of hydrogen-bond donors (Lipinski definition) is 1. The Balaban J connectivity index is 1.76. The predicted molar refractivity (Wildman–Crippen MR) is 102 cm³/mol. The summed E-state index contributed by atoms with van der Waals surface area (Å²) in [5, 5.41) is 8.70. The molecule has 1 saturated carbocycles. The Bertz CT molecular complexity index is 978. The molecule has 1 aliphatic carbocycles. The number of aromatic nitrogens is 2. The van der Waals surface area contributed by atoms with Crippen molar-refractivity contribution in [2.24, 2.45) is 0 Å². The van der Waals surface area contributed by atoms with Crippen molar-refractivity contribution in [3.8, 4) is 0 Å². The molecule has 0 bridgehead atoms.